The van der Waals surface area contributed by atoms with Gasteiger partial charge in [0.2, 0.25) is 5.91 Å². The molecule has 0 saturated carbocycles. The van der Waals surface area contributed by atoms with Crippen LogP contribution in [0.2, 0.25) is 0 Å². The van der Waals surface area contributed by atoms with Crippen molar-refractivity contribution in [3.8, 4) is 0 Å². The molecule has 0 aliphatic rings. The van der Waals surface area contributed by atoms with Crippen molar-refractivity contribution in [2.24, 2.45) is 0 Å². The maximum absolute atomic E-state index is 12.0. The third-order valence-electron chi connectivity index (χ3n) is 4.07. The molecule has 4 nitrogen and oxygen atoms in total. The van der Waals surface area contributed by atoms with Crippen LogP contribution in [0.3, 0.4) is 0 Å². The molecule has 0 aliphatic heterocycles. The van der Waals surface area contributed by atoms with E-state index in [0.717, 1.165) is 17.1 Å². The Bertz CT molecular complexity index is 621. The van der Waals surface area contributed by atoms with Crippen molar-refractivity contribution >= 4 is 17.2 Å². The first-order valence-corrected chi connectivity index (χ1v) is 8.89. The fourth-order valence-electron chi connectivity index (χ4n) is 2.27. The van der Waals surface area contributed by atoms with Crippen LogP contribution in [0.15, 0.2) is 35.7 Å². The molecule has 0 saturated heterocycles. The number of thiazole rings is 1. The molecule has 0 atom stereocenters. The first kappa shape index (κ1) is 17.6. The highest BCUT2D eigenvalue weighted by atomic mass is 32.1. The lowest BCUT2D eigenvalue weighted by molar-refractivity contribution is -0.121. The van der Waals surface area contributed by atoms with E-state index in [1.807, 2.05) is 37.4 Å². The number of benzene rings is 1. The van der Waals surface area contributed by atoms with Crippen LogP contribution in [0.5, 0.6) is 0 Å². The molecule has 0 radical (unpaired) electrons. The molecule has 2 rings (SSSR count). The minimum Gasteiger partial charge on any atom is -0.388 e. The van der Waals surface area contributed by atoms with Crippen molar-refractivity contribution in [1.82, 2.24) is 10.3 Å². The predicted molar refractivity (Wildman–Crippen MR) is 93.6 cm³/mol. The average molecular weight is 332 g/mol. The highest BCUT2D eigenvalue weighted by Gasteiger charge is 2.22. The molecule has 2 N–H and O–H groups in total. The zero-order valence-corrected chi connectivity index (χ0v) is 14.5. The number of hydrogen-bond acceptors (Lipinski definition) is 4. The molecule has 5 heteroatoms. The van der Waals surface area contributed by atoms with Crippen LogP contribution in [0.25, 0.3) is 0 Å². The van der Waals surface area contributed by atoms with Gasteiger partial charge in [0.15, 0.2) is 0 Å². The summed E-state index contributed by atoms with van der Waals surface area (Å²) in [7, 11) is 0. The molecule has 1 aromatic carbocycles. The topological polar surface area (TPSA) is 62.2 Å². The number of amides is 1. The Morgan fingerprint density at radius 1 is 1.26 bits per heavy atom. The van der Waals surface area contributed by atoms with E-state index in [-0.39, 0.29) is 12.3 Å². The summed E-state index contributed by atoms with van der Waals surface area (Å²) in [6.07, 6.45) is 2.30. The molecule has 0 bridgehead atoms. The number of nitrogens with zero attached hydrogens (tertiary/aromatic N) is 1. The number of aliphatic hydroxyl groups is 1. The lowest BCUT2D eigenvalue weighted by atomic mass is 9.97. The molecule has 2 aromatic rings. The maximum Gasteiger partial charge on any atom is 0.226 e. The van der Waals surface area contributed by atoms with E-state index in [1.54, 1.807) is 11.3 Å². The Kier molecular flexibility index (Phi) is 6.30. The Balaban J connectivity index is 1.85. The molecule has 1 amide bonds. The number of carbonyl (C=O) groups is 1. The number of hydrogen-bond donors (Lipinski definition) is 2. The van der Waals surface area contributed by atoms with Crippen LogP contribution < -0.4 is 5.32 Å². The third-order valence-corrected chi connectivity index (χ3v) is 4.97. The molecular weight excluding hydrogens is 308 g/mol. The van der Waals surface area contributed by atoms with Gasteiger partial charge in [-0.3, -0.25) is 4.79 Å². The van der Waals surface area contributed by atoms with Crippen LogP contribution in [0, 0.1) is 0 Å². The van der Waals surface area contributed by atoms with Crippen molar-refractivity contribution in [2.75, 3.05) is 6.54 Å². The van der Waals surface area contributed by atoms with Crippen LogP contribution >= 0.6 is 11.3 Å². The maximum atomic E-state index is 12.0. The highest BCUT2D eigenvalue weighted by molar-refractivity contribution is 7.09. The van der Waals surface area contributed by atoms with Crippen molar-refractivity contribution < 1.29 is 9.90 Å². The molecule has 0 fully saturated rings. The summed E-state index contributed by atoms with van der Waals surface area (Å²) in [5.41, 5.74) is 1.19. The molecule has 1 aromatic heterocycles. The third kappa shape index (κ3) is 5.44. The molecule has 124 valence electrons. The summed E-state index contributed by atoms with van der Waals surface area (Å²) in [4.78, 5) is 16.5. The molecule has 0 spiro atoms. The standard InChI is InChI=1S/C18H24N2O2S/c1-3-18(22,4-2)13-19-16(21)11-15-12-23-17(20-15)10-14-8-6-5-7-9-14/h5-9,12,22H,3-4,10-11,13H2,1-2H3,(H,19,21). The van der Waals surface area contributed by atoms with E-state index >= 15 is 0 Å². The largest absolute Gasteiger partial charge is 0.388 e. The second-order valence-electron chi connectivity index (χ2n) is 5.78. The van der Waals surface area contributed by atoms with E-state index in [4.69, 9.17) is 0 Å². The van der Waals surface area contributed by atoms with Crippen molar-refractivity contribution in [3.63, 3.8) is 0 Å². The van der Waals surface area contributed by atoms with Crippen molar-refractivity contribution in [3.05, 3.63) is 52.0 Å². The lowest BCUT2D eigenvalue weighted by Crippen LogP contribution is -2.42. The molecular formula is C18H24N2O2S. The molecule has 0 unspecified atom stereocenters. The van der Waals surface area contributed by atoms with Gasteiger partial charge in [0.05, 0.1) is 22.7 Å². The number of carbonyl (C=O) groups excluding carboxylic acids is 1. The second kappa shape index (κ2) is 8.22. The Morgan fingerprint density at radius 3 is 2.61 bits per heavy atom. The summed E-state index contributed by atoms with van der Waals surface area (Å²) in [5, 5.41) is 15.9. The summed E-state index contributed by atoms with van der Waals surface area (Å²) in [6.45, 7) is 4.14. The normalized spacial score (nSPS) is 11.4. The van der Waals surface area contributed by atoms with E-state index in [9.17, 15) is 9.90 Å². The van der Waals surface area contributed by atoms with Crippen molar-refractivity contribution in [2.45, 2.75) is 45.1 Å². The first-order chi connectivity index (χ1) is 11.0. The highest BCUT2D eigenvalue weighted by Crippen LogP contribution is 2.16. The fraction of sp³-hybridized carbons (Fsp3) is 0.444. The van der Waals surface area contributed by atoms with E-state index < -0.39 is 5.60 Å². The zero-order chi connectivity index (χ0) is 16.7. The van der Waals surface area contributed by atoms with Crippen LogP contribution in [0.4, 0.5) is 0 Å². The minimum atomic E-state index is -0.809. The Hall–Kier alpha value is -1.72. The summed E-state index contributed by atoms with van der Waals surface area (Å²) in [5.74, 6) is -0.0955. The number of aromatic nitrogens is 1. The second-order valence-corrected chi connectivity index (χ2v) is 6.72. The van der Waals surface area contributed by atoms with Gasteiger partial charge >= 0.3 is 0 Å². The van der Waals surface area contributed by atoms with E-state index in [2.05, 4.69) is 22.4 Å². The van der Waals surface area contributed by atoms with E-state index in [1.165, 1.54) is 5.56 Å². The molecule has 0 aliphatic carbocycles. The number of rotatable bonds is 8. The average Bonchev–Trinajstić information content (AvgIpc) is 3.00. The van der Waals surface area contributed by atoms with Crippen LogP contribution in [0.1, 0.15) is 43.0 Å². The lowest BCUT2D eigenvalue weighted by Gasteiger charge is -2.25. The SMILES string of the molecule is CCC(O)(CC)CNC(=O)Cc1csc(Cc2ccccc2)n1. The van der Waals surface area contributed by atoms with Gasteiger partial charge in [0.1, 0.15) is 0 Å². The number of nitrogens with one attached hydrogen (secondary N) is 1. The van der Waals surface area contributed by atoms with Gasteiger partial charge in [-0.05, 0) is 18.4 Å². The smallest absolute Gasteiger partial charge is 0.226 e. The zero-order valence-electron chi connectivity index (χ0n) is 13.7. The van der Waals surface area contributed by atoms with Gasteiger partial charge in [0.25, 0.3) is 0 Å². The summed E-state index contributed by atoms with van der Waals surface area (Å²) < 4.78 is 0. The molecule has 23 heavy (non-hydrogen) atoms. The Morgan fingerprint density at radius 2 is 1.96 bits per heavy atom. The summed E-state index contributed by atoms with van der Waals surface area (Å²) >= 11 is 1.58. The van der Waals surface area contributed by atoms with Gasteiger partial charge in [-0.1, -0.05) is 44.2 Å². The fourth-order valence-corrected chi connectivity index (χ4v) is 3.10. The van der Waals surface area contributed by atoms with Crippen LogP contribution in [-0.2, 0) is 17.6 Å². The predicted octanol–water partition coefficient (Wildman–Crippen LogP) is 2.94. The Labute approximate surface area is 141 Å². The van der Waals surface area contributed by atoms with Gasteiger partial charge < -0.3 is 10.4 Å². The summed E-state index contributed by atoms with van der Waals surface area (Å²) in [6, 6.07) is 10.2. The first-order valence-electron chi connectivity index (χ1n) is 8.01. The van der Waals surface area contributed by atoms with Crippen molar-refractivity contribution in [1.29, 1.82) is 0 Å². The van der Waals surface area contributed by atoms with Gasteiger partial charge in [-0.2, -0.15) is 0 Å². The quantitative estimate of drug-likeness (QED) is 0.781. The van der Waals surface area contributed by atoms with Gasteiger partial charge in [0, 0.05) is 18.3 Å². The van der Waals surface area contributed by atoms with E-state index in [0.29, 0.717) is 19.4 Å². The van der Waals surface area contributed by atoms with Crippen LogP contribution in [-0.4, -0.2) is 28.1 Å². The monoisotopic (exact) mass is 332 g/mol. The minimum absolute atomic E-state index is 0.0955. The molecule has 1 heterocycles. The van der Waals surface area contributed by atoms with Gasteiger partial charge in [-0.15, -0.1) is 11.3 Å². The van der Waals surface area contributed by atoms with Gasteiger partial charge in [-0.25, -0.2) is 4.98 Å².